The second-order valence-electron chi connectivity index (χ2n) is 6.43. The number of rotatable bonds is 9. The Balaban J connectivity index is 1.42. The second kappa shape index (κ2) is 10.7. The maximum Gasteiger partial charge on any atom is 0.251 e. The molecule has 0 radical (unpaired) electrons. The van der Waals surface area contributed by atoms with E-state index in [0.717, 1.165) is 28.3 Å². The minimum Gasteiger partial charge on any atom is -0.491 e. The number of thioether (sulfide) groups is 1. The van der Waals surface area contributed by atoms with Crippen LogP contribution in [0.3, 0.4) is 0 Å². The van der Waals surface area contributed by atoms with Gasteiger partial charge in [-0.15, -0.1) is 11.8 Å². The number of aliphatic hydroxyl groups is 1. The van der Waals surface area contributed by atoms with Crippen LogP contribution in [0.2, 0.25) is 0 Å². The number of pyridine rings is 1. The number of benzene rings is 2. The molecule has 3 aromatic rings. The molecule has 30 heavy (non-hydrogen) atoms. The number of nitrogens with zero attached hydrogens (tertiary/aromatic N) is 1. The first kappa shape index (κ1) is 21.7. The van der Waals surface area contributed by atoms with E-state index in [-0.39, 0.29) is 24.8 Å². The summed E-state index contributed by atoms with van der Waals surface area (Å²) in [5, 5.41) is 12.6. The fraction of sp³-hybridized carbons (Fsp3) is 0.182. The molecule has 2 N–H and O–H groups in total. The number of hydrogen-bond donors (Lipinski definition) is 2. The van der Waals surface area contributed by atoms with Crippen LogP contribution in [0.4, 0.5) is 8.78 Å². The third kappa shape index (κ3) is 6.53. The summed E-state index contributed by atoms with van der Waals surface area (Å²) in [5.74, 6) is -1.46. The van der Waals surface area contributed by atoms with Crippen molar-refractivity contribution in [2.45, 2.75) is 16.8 Å². The van der Waals surface area contributed by atoms with Crippen LogP contribution >= 0.6 is 11.8 Å². The summed E-state index contributed by atoms with van der Waals surface area (Å²) in [6.07, 6.45) is 2.54. The lowest BCUT2D eigenvalue weighted by molar-refractivity contribution is 0.0843. The van der Waals surface area contributed by atoms with E-state index in [1.807, 2.05) is 30.5 Å². The molecule has 3 rings (SSSR count). The summed E-state index contributed by atoms with van der Waals surface area (Å²) in [7, 11) is 0. The van der Waals surface area contributed by atoms with Crippen LogP contribution in [-0.2, 0) is 5.75 Å². The number of amides is 1. The van der Waals surface area contributed by atoms with Crippen LogP contribution in [0.5, 0.6) is 5.75 Å². The molecule has 0 spiro atoms. The molecule has 0 fully saturated rings. The zero-order valence-corrected chi connectivity index (χ0v) is 16.7. The first-order valence-corrected chi connectivity index (χ1v) is 10.2. The average molecular weight is 430 g/mol. The molecule has 0 saturated carbocycles. The lowest BCUT2D eigenvalue weighted by Crippen LogP contribution is -2.35. The van der Waals surface area contributed by atoms with Gasteiger partial charge in [-0.25, -0.2) is 8.78 Å². The van der Waals surface area contributed by atoms with Crippen LogP contribution in [0.15, 0.2) is 71.9 Å². The molecule has 0 saturated heterocycles. The van der Waals surface area contributed by atoms with E-state index in [1.54, 1.807) is 30.1 Å². The molecular weight excluding hydrogens is 410 g/mol. The van der Waals surface area contributed by atoms with Crippen molar-refractivity contribution in [2.75, 3.05) is 13.2 Å². The molecule has 0 bridgehead atoms. The van der Waals surface area contributed by atoms with Gasteiger partial charge in [0.1, 0.15) is 18.5 Å². The summed E-state index contributed by atoms with van der Waals surface area (Å²) < 4.78 is 31.2. The van der Waals surface area contributed by atoms with Gasteiger partial charge < -0.3 is 15.2 Å². The van der Waals surface area contributed by atoms with Crippen molar-refractivity contribution in [2.24, 2.45) is 0 Å². The molecule has 8 heteroatoms. The fourth-order valence-electron chi connectivity index (χ4n) is 2.48. The minimum atomic E-state index is -1.03. The fourth-order valence-corrected chi connectivity index (χ4v) is 3.32. The van der Waals surface area contributed by atoms with E-state index in [4.69, 9.17) is 4.74 Å². The Morgan fingerprint density at radius 3 is 2.63 bits per heavy atom. The van der Waals surface area contributed by atoms with E-state index >= 15 is 0 Å². The molecule has 2 aromatic carbocycles. The summed E-state index contributed by atoms with van der Waals surface area (Å²) in [5.41, 5.74) is 1.58. The highest BCUT2D eigenvalue weighted by Gasteiger charge is 2.11. The number of hydrogen-bond acceptors (Lipinski definition) is 5. The molecule has 5 nitrogen and oxygen atoms in total. The number of carbonyl (C=O) groups excluding carboxylic acids is 1. The average Bonchev–Trinajstić information content (AvgIpc) is 2.78. The van der Waals surface area contributed by atoms with Crippen LogP contribution < -0.4 is 10.1 Å². The number of aliphatic hydroxyl groups excluding tert-OH is 1. The van der Waals surface area contributed by atoms with Crippen molar-refractivity contribution in [3.8, 4) is 5.75 Å². The molecule has 0 aliphatic rings. The van der Waals surface area contributed by atoms with Crippen LogP contribution in [0, 0.1) is 11.6 Å². The van der Waals surface area contributed by atoms with Gasteiger partial charge in [-0.05, 0) is 48.0 Å². The van der Waals surface area contributed by atoms with Gasteiger partial charge >= 0.3 is 0 Å². The molecule has 156 valence electrons. The monoisotopic (exact) mass is 430 g/mol. The summed E-state index contributed by atoms with van der Waals surface area (Å²) in [6, 6.07) is 14.1. The Morgan fingerprint density at radius 2 is 1.93 bits per heavy atom. The molecule has 0 aliphatic heterocycles. The first-order chi connectivity index (χ1) is 14.5. The van der Waals surface area contributed by atoms with Crippen molar-refractivity contribution in [1.29, 1.82) is 0 Å². The first-order valence-electron chi connectivity index (χ1n) is 9.17. The van der Waals surface area contributed by atoms with Gasteiger partial charge in [0.25, 0.3) is 5.91 Å². The van der Waals surface area contributed by atoms with Crippen LogP contribution in [0.1, 0.15) is 15.9 Å². The zero-order chi connectivity index (χ0) is 21.3. The molecule has 1 amide bonds. The van der Waals surface area contributed by atoms with Gasteiger partial charge in [-0.1, -0.05) is 6.07 Å². The predicted octanol–water partition coefficient (Wildman–Crippen LogP) is 3.82. The minimum absolute atomic E-state index is 0.0416. The van der Waals surface area contributed by atoms with Crippen molar-refractivity contribution in [3.05, 3.63) is 89.8 Å². The number of carbonyl (C=O) groups is 1. The van der Waals surface area contributed by atoms with E-state index in [0.29, 0.717) is 5.56 Å². The molecule has 0 aliphatic carbocycles. The second-order valence-corrected chi connectivity index (χ2v) is 7.47. The van der Waals surface area contributed by atoms with Crippen LogP contribution in [-0.4, -0.2) is 35.3 Å². The molecule has 1 aromatic heterocycles. The van der Waals surface area contributed by atoms with Crippen molar-refractivity contribution in [1.82, 2.24) is 10.3 Å². The number of ether oxygens (including phenoxy) is 1. The number of nitrogens with one attached hydrogen (secondary N) is 1. The van der Waals surface area contributed by atoms with Crippen LogP contribution in [0.25, 0.3) is 0 Å². The highest BCUT2D eigenvalue weighted by atomic mass is 32.2. The molecule has 1 atom stereocenters. The van der Waals surface area contributed by atoms with E-state index in [2.05, 4.69) is 10.3 Å². The Hall–Kier alpha value is -2.97. The van der Waals surface area contributed by atoms with E-state index in [9.17, 15) is 18.7 Å². The van der Waals surface area contributed by atoms with E-state index in [1.165, 1.54) is 6.07 Å². The third-order valence-corrected chi connectivity index (χ3v) is 5.16. The maximum absolute atomic E-state index is 13.1. The standard InChI is InChI=1S/C22H20F2N2O3S/c23-20-8-5-18(10-21(20)24)29-13-17(27)12-26-22(28)16-3-6-19(7-4-16)30-14-15-2-1-9-25-11-15/h1-11,17,27H,12-14H2,(H,26,28). The lowest BCUT2D eigenvalue weighted by Gasteiger charge is -2.13. The highest BCUT2D eigenvalue weighted by Crippen LogP contribution is 2.22. The highest BCUT2D eigenvalue weighted by molar-refractivity contribution is 7.98. The topological polar surface area (TPSA) is 71.5 Å². The summed E-state index contributed by atoms with van der Waals surface area (Å²) >= 11 is 1.64. The van der Waals surface area contributed by atoms with Crippen molar-refractivity contribution < 1.29 is 23.4 Å². The largest absolute Gasteiger partial charge is 0.491 e. The number of aromatic nitrogens is 1. The smallest absolute Gasteiger partial charge is 0.251 e. The molecule has 1 heterocycles. The van der Waals surface area contributed by atoms with Crippen molar-refractivity contribution in [3.63, 3.8) is 0 Å². The summed E-state index contributed by atoms with van der Waals surface area (Å²) in [6.45, 7) is -0.213. The Morgan fingerprint density at radius 1 is 1.13 bits per heavy atom. The van der Waals surface area contributed by atoms with Gasteiger partial charge in [0.05, 0.1) is 0 Å². The lowest BCUT2D eigenvalue weighted by atomic mass is 10.2. The zero-order valence-electron chi connectivity index (χ0n) is 15.9. The van der Waals surface area contributed by atoms with Crippen molar-refractivity contribution >= 4 is 17.7 Å². The Bertz CT molecular complexity index is 972. The predicted molar refractivity (Wildman–Crippen MR) is 110 cm³/mol. The van der Waals surface area contributed by atoms with Gasteiger partial charge in [-0.3, -0.25) is 9.78 Å². The number of halogens is 2. The summed E-state index contributed by atoms with van der Waals surface area (Å²) in [4.78, 5) is 17.3. The third-order valence-electron chi connectivity index (χ3n) is 4.08. The molecule has 1 unspecified atom stereocenters. The maximum atomic E-state index is 13.1. The van der Waals surface area contributed by atoms with Gasteiger partial charge in [-0.2, -0.15) is 0 Å². The van der Waals surface area contributed by atoms with E-state index < -0.39 is 17.7 Å². The normalized spacial score (nSPS) is 11.7. The van der Waals surface area contributed by atoms with Gasteiger partial charge in [0.2, 0.25) is 0 Å². The SMILES string of the molecule is O=C(NCC(O)COc1ccc(F)c(F)c1)c1ccc(SCc2cccnc2)cc1. The Kier molecular flexibility index (Phi) is 7.75. The quantitative estimate of drug-likeness (QED) is 0.505. The van der Waals surface area contributed by atoms with Gasteiger partial charge in [0.15, 0.2) is 11.6 Å². The van der Waals surface area contributed by atoms with Gasteiger partial charge in [0, 0.05) is 41.2 Å². The Labute approximate surface area is 177 Å². The molecular formula is C22H20F2N2O3S.